The number of benzene rings is 3. The van der Waals surface area contributed by atoms with Crippen LogP contribution in [0.15, 0.2) is 72.8 Å². The van der Waals surface area contributed by atoms with Crippen LogP contribution in [0.4, 0.5) is 13.2 Å². The number of carboxylic acids is 1. The van der Waals surface area contributed by atoms with Crippen LogP contribution in [0.5, 0.6) is 17.2 Å². The Morgan fingerprint density at radius 2 is 1.69 bits per heavy atom. The second-order valence-corrected chi connectivity index (χ2v) is 7.11. The molecule has 0 heterocycles. The third-order valence-corrected chi connectivity index (χ3v) is 4.69. The second-order valence-electron chi connectivity index (χ2n) is 6.71. The van der Waals surface area contributed by atoms with Gasteiger partial charge in [0.1, 0.15) is 12.4 Å². The molecular formula is C24H18ClF3O4. The summed E-state index contributed by atoms with van der Waals surface area (Å²) in [5, 5.41) is 9.32. The van der Waals surface area contributed by atoms with Crippen molar-refractivity contribution >= 4 is 23.6 Å². The summed E-state index contributed by atoms with van der Waals surface area (Å²) in [6.45, 7) is 0.159. The first kappa shape index (κ1) is 23.2. The van der Waals surface area contributed by atoms with Gasteiger partial charge in [-0.05, 0) is 59.7 Å². The number of ether oxygens (including phenoxy) is 2. The maximum Gasteiger partial charge on any atom is 0.416 e. The Labute approximate surface area is 187 Å². The molecule has 0 saturated carbocycles. The zero-order valence-electron chi connectivity index (χ0n) is 16.6. The van der Waals surface area contributed by atoms with Crippen molar-refractivity contribution < 1.29 is 32.5 Å². The quantitative estimate of drug-likeness (QED) is 0.397. The van der Waals surface area contributed by atoms with E-state index in [4.69, 9.17) is 26.2 Å². The maximum absolute atomic E-state index is 12.6. The molecule has 0 aliphatic rings. The van der Waals surface area contributed by atoms with Gasteiger partial charge in [0.15, 0.2) is 11.5 Å². The number of para-hydroxylation sites is 2. The molecule has 0 fully saturated rings. The molecular weight excluding hydrogens is 445 g/mol. The minimum absolute atomic E-state index is 0.159. The van der Waals surface area contributed by atoms with Crippen molar-refractivity contribution in [2.24, 2.45) is 0 Å². The fraction of sp³-hybridized carbons (Fsp3) is 0.125. The summed E-state index contributed by atoms with van der Waals surface area (Å²) < 4.78 is 49.4. The highest BCUT2D eigenvalue weighted by atomic mass is 35.5. The predicted octanol–water partition coefficient (Wildman–Crippen LogP) is 6.87. The molecule has 166 valence electrons. The summed E-state index contributed by atoms with van der Waals surface area (Å²) in [5.74, 6) is 0.257. The van der Waals surface area contributed by atoms with E-state index in [2.05, 4.69) is 0 Å². The molecule has 3 aromatic carbocycles. The zero-order valence-corrected chi connectivity index (χ0v) is 17.4. The molecule has 0 aliphatic carbocycles. The second kappa shape index (κ2) is 10.2. The van der Waals surface area contributed by atoms with E-state index in [0.29, 0.717) is 33.4 Å². The summed E-state index contributed by atoms with van der Waals surface area (Å²) in [6.07, 6.45) is -1.27. The number of hydrogen-bond donors (Lipinski definition) is 1. The molecule has 3 rings (SSSR count). The Morgan fingerprint density at radius 3 is 2.34 bits per heavy atom. The average molecular weight is 463 g/mol. The molecule has 0 radical (unpaired) electrons. The Hall–Kier alpha value is -3.45. The molecule has 3 aromatic rings. The lowest BCUT2D eigenvalue weighted by Gasteiger charge is -2.12. The van der Waals surface area contributed by atoms with Crippen LogP contribution in [0.25, 0.3) is 6.08 Å². The van der Waals surface area contributed by atoms with Gasteiger partial charge in [0.2, 0.25) is 0 Å². The van der Waals surface area contributed by atoms with Crippen molar-refractivity contribution in [2.75, 3.05) is 6.61 Å². The molecule has 0 atom stereocenters. The lowest BCUT2D eigenvalue weighted by molar-refractivity contribution is -0.138. The van der Waals surface area contributed by atoms with E-state index in [-0.39, 0.29) is 13.0 Å². The Bertz CT molecular complexity index is 1110. The van der Waals surface area contributed by atoms with Gasteiger partial charge in [-0.3, -0.25) is 4.79 Å². The Morgan fingerprint density at radius 1 is 1.00 bits per heavy atom. The van der Waals surface area contributed by atoms with Crippen LogP contribution < -0.4 is 9.47 Å². The number of alkyl halides is 3. The highest BCUT2D eigenvalue weighted by Gasteiger charge is 2.29. The van der Waals surface area contributed by atoms with Crippen LogP contribution in [0.2, 0.25) is 5.02 Å². The fourth-order valence-corrected chi connectivity index (χ4v) is 2.98. The van der Waals surface area contributed by atoms with Gasteiger partial charge in [-0.25, -0.2) is 0 Å². The average Bonchev–Trinajstić information content (AvgIpc) is 2.74. The first-order chi connectivity index (χ1) is 15.2. The number of aliphatic carboxylic acids is 1. The molecule has 4 nitrogen and oxygen atoms in total. The van der Waals surface area contributed by atoms with E-state index in [0.717, 1.165) is 12.1 Å². The number of rotatable bonds is 8. The van der Waals surface area contributed by atoms with Crippen molar-refractivity contribution in [1.82, 2.24) is 0 Å². The largest absolute Gasteiger partial charge is 0.486 e. The SMILES string of the molecule is O=C(O)Cc1cc(Oc2ccccc2OC/C=C/c2ccc(C(F)(F)F)cc2)ccc1Cl. The standard InChI is InChI=1S/C24H18ClF3O4/c25-20-12-11-19(14-17(20)15-23(29)30)32-22-6-2-1-5-21(22)31-13-3-4-16-7-9-18(10-8-16)24(26,27)28/h1-12,14H,13,15H2,(H,29,30)/b4-3+. The number of hydrogen-bond acceptors (Lipinski definition) is 3. The van der Waals surface area contributed by atoms with Gasteiger partial charge in [0.25, 0.3) is 0 Å². The van der Waals surface area contributed by atoms with Gasteiger partial charge in [-0.2, -0.15) is 13.2 Å². The highest BCUT2D eigenvalue weighted by Crippen LogP contribution is 2.33. The maximum atomic E-state index is 12.6. The first-order valence-electron chi connectivity index (χ1n) is 9.46. The monoisotopic (exact) mass is 462 g/mol. The van der Waals surface area contributed by atoms with Gasteiger partial charge in [-0.1, -0.05) is 41.9 Å². The molecule has 32 heavy (non-hydrogen) atoms. The smallest absolute Gasteiger partial charge is 0.416 e. The van der Waals surface area contributed by atoms with Crippen molar-refractivity contribution in [3.05, 3.63) is 94.5 Å². The van der Waals surface area contributed by atoms with Gasteiger partial charge in [-0.15, -0.1) is 0 Å². The summed E-state index contributed by atoms with van der Waals surface area (Å²) in [4.78, 5) is 11.0. The van der Waals surface area contributed by atoms with Crippen molar-refractivity contribution in [2.45, 2.75) is 12.6 Å². The van der Waals surface area contributed by atoms with Crippen LogP contribution in [0, 0.1) is 0 Å². The molecule has 8 heteroatoms. The third kappa shape index (κ3) is 6.52. The van der Waals surface area contributed by atoms with E-state index in [1.165, 1.54) is 12.1 Å². The van der Waals surface area contributed by atoms with E-state index in [1.54, 1.807) is 54.6 Å². The molecule has 0 amide bonds. The zero-order chi connectivity index (χ0) is 23.1. The summed E-state index contributed by atoms with van der Waals surface area (Å²) >= 11 is 6.03. The van der Waals surface area contributed by atoms with Gasteiger partial charge < -0.3 is 14.6 Å². The van der Waals surface area contributed by atoms with Crippen LogP contribution in [-0.4, -0.2) is 17.7 Å². The normalized spacial score (nSPS) is 11.5. The van der Waals surface area contributed by atoms with Crippen LogP contribution in [0.1, 0.15) is 16.7 Å². The molecule has 0 spiro atoms. The lowest BCUT2D eigenvalue weighted by Crippen LogP contribution is -2.04. The van der Waals surface area contributed by atoms with Gasteiger partial charge >= 0.3 is 12.1 Å². The molecule has 0 saturated heterocycles. The summed E-state index contributed by atoms with van der Waals surface area (Å²) in [5.41, 5.74) is 0.332. The Kier molecular flexibility index (Phi) is 7.43. The van der Waals surface area contributed by atoms with Crippen LogP contribution in [-0.2, 0) is 17.4 Å². The van der Waals surface area contributed by atoms with Crippen molar-refractivity contribution in [3.8, 4) is 17.2 Å². The topological polar surface area (TPSA) is 55.8 Å². The van der Waals surface area contributed by atoms with Crippen LogP contribution >= 0.6 is 11.6 Å². The van der Waals surface area contributed by atoms with E-state index in [9.17, 15) is 18.0 Å². The number of halogens is 4. The van der Waals surface area contributed by atoms with E-state index >= 15 is 0 Å². The molecule has 1 N–H and O–H groups in total. The van der Waals surface area contributed by atoms with Gasteiger partial charge in [0.05, 0.1) is 12.0 Å². The lowest BCUT2D eigenvalue weighted by atomic mass is 10.1. The fourth-order valence-electron chi connectivity index (χ4n) is 2.80. The third-order valence-electron chi connectivity index (χ3n) is 4.32. The molecule has 0 aliphatic heterocycles. The van der Waals surface area contributed by atoms with Gasteiger partial charge in [0, 0.05) is 5.02 Å². The predicted molar refractivity (Wildman–Crippen MR) is 115 cm³/mol. The van der Waals surface area contributed by atoms with Crippen molar-refractivity contribution in [3.63, 3.8) is 0 Å². The van der Waals surface area contributed by atoms with E-state index in [1.807, 2.05) is 0 Å². The Balaban J connectivity index is 1.65. The highest BCUT2D eigenvalue weighted by molar-refractivity contribution is 6.31. The minimum Gasteiger partial charge on any atom is -0.486 e. The molecule has 0 aromatic heterocycles. The minimum atomic E-state index is -4.37. The van der Waals surface area contributed by atoms with E-state index < -0.39 is 17.7 Å². The van der Waals surface area contributed by atoms with Crippen molar-refractivity contribution in [1.29, 1.82) is 0 Å². The molecule has 0 bridgehead atoms. The summed E-state index contributed by atoms with van der Waals surface area (Å²) in [7, 11) is 0. The first-order valence-corrected chi connectivity index (χ1v) is 9.84. The number of carboxylic acid groups (broad SMARTS) is 1. The summed E-state index contributed by atoms with van der Waals surface area (Å²) in [6, 6.07) is 16.5. The van der Waals surface area contributed by atoms with Crippen LogP contribution in [0.3, 0.4) is 0 Å². The molecule has 0 unspecified atom stereocenters. The number of carbonyl (C=O) groups is 1.